The molecule has 0 atom stereocenters. The largest absolute Gasteiger partial charge is 0.443 e. The van der Waals surface area contributed by atoms with Crippen LogP contribution in [0.15, 0.2) is 36.7 Å². The molecule has 0 saturated carbocycles. The van der Waals surface area contributed by atoms with Crippen LogP contribution in [0.4, 0.5) is 10.6 Å². The molecule has 0 aliphatic heterocycles. The first-order chi connectivity index (χ1) is 15.0. The second-order valence-electron chi connectivity index (χ2n) is 9.07. The monoisotopic (exact) mass is 454 g/mol. The molecule has 8 nitrogen and oxygen atoms in total. The summed E-state index contributed by atoms with van der Waals surface area (Å²) < 4.78 is 9.36. The number of aryl methyl sites for hydroxylation is 1. The number of carbonyl (C=O) groups excluding carboxylic acids is 1. The van der Waals surface area contributed by atoms with Gasteiger partial charge in [-0.1, -0.05) is 31.5 Å². The molecule has 0 fully saturated rings. The smallest absolute Gasteiger partial charge is 0.416 e. The fourth-order valence-electron chi connectivity index (χ4n) is 3.56. The predicted octanol–water partition coefficient (Wildman–Crippen LogP) is 5.40. The van der Waals surface area contributed by atoms with Gasteiger partial charge in [-0.25, -0.2) is 14.8 Å². The zero-order valence-corrected chi connectivity index (χ0v) is 19.9. The van der Waals surface area contributed by atoms with E-state index in [9.17, 15) is 4.79 Å². The van der Waals surface area contributed by atoms with Gasteiger partial charge < -0.3 is 9.14 Å². The number of hydrogen-bond acceptors (Lipinski definition) is 5. The first-order valence-corrected chi connectivity index (χ1v) is 10.9. The number of fused-ring (bicyclic) bond motifs is 2. The van der Waals surface area contributed by atoms with E-state index in [0.717, 1.165) is 22.6 Å². The van der Waals surface area contributed by atoms with Gasteiger partial charge in [0.1, 0.15) is 22.2 Å². The number of pyridine rings is 1. The molecule has 0 aliphatic rings. The van der Waals surface area contributed by atoms with Crippen LogP contribution >= 0.6 is 11.6 Å². The highest BCUT2D eigenvalue weighted by Crippen LogP contribution is 2.28. The Labute approximate surface area is 191 Å². The standard InChI is InChI=1S/C23H27ClN6O2/c1-14(2)16-12-25-30-20(11-18(24)27-21(16)30)29(22(31)32-23(4,5)6)13-17-15(3)28-10-8-7-9-19(28)26-17/h7-12,14H,13H2,1-6H3. The summed E-state index contributed by atoms with van der Waals surface area (Å²) in [6.07, 6.45) is 3.19. The molecule has 32 heavy (non-hydrogen) atoms. The first kappa shape index (κ1) is 22.1. The summed E-state index contributed by atoms with van der Waals surface area (Å²) in [5.74, 6) is 0.666. The van der Waals surface area contributed by atoms with Gasteiger partial charge in [-0.2, -0.15) is 9.61 Å². The lowest BCUT2D eigenvalue weighted by Gasteiger charge is -2.27. The van der Waals surface area contributed by atoms with Crippen LogP contribution in [0.1, 0.15) is 57.5 Å². The lowest BCUT2D eigenvalue weighted by Crippen LogP contribution is -2.38. The summed E-state index contributed by atoms with van der Waals surface area (Å²) in [5.41, 5.74) is 3.38. The zero-order chi connectivity index (χ0) is 23.2. The van der Waals surface area contributed by atoms with E-state index in [1.54, 1.807) is 16.8 Å². The summed E-state index contributed by atoms with van der Waals surface area (Å²) in [6, 6.07) is 7.43. The van der Waals surface area contributed by atoms with Crippen molar-refractivity contribution in [3.8, 4) is 0 Å². The van der Waals surface area contributed by atoms with E-state index in [4.69, 9.17) is 21.3 Å². The number of aromatic nitrogens is 5. The summed E-state index contributed by atoms with van der Waals surface area (Å²) in [7, 11) is 0. The minimum atomic E-state index is -0.674. The van der Waals surface area contributed by atoms with Crippen molar-refractivity contribution in [3.63, 3.8) is 0 Å². The summed E-state index contributed by atoms with van der Waals surface area (Å²) in [5, 5.41) is 4.78. The van der Waals surface area contributed by atoms with Crippen LogP contribution in [0.5, 0.6) is 0 Å². The highest BCUT2D eigenvalue weighted by molar-refractivity contribution is 6.29. The molecular weight excluding hydrogens is 428 g/mol. The topological polar surface area (TPSA) is 77.0 Å². The Hall–Kier alpha value is -3.13. The molecule has 0 saturated heterocycles. The molecule has 0 radical (unpaired) electrons. The van der Waals surface area contributed by atoms with E-state index in [-0.39, 0.29) is 17.6 Å². The third-order valence-electron chi connectivity index (χ3n) is 5.14. The minimum absolute atomic E-state index is 0.189. The minimum Gasteiger partial charge on any atom is -0.443 e. The van der Waals surface area contributed by atoms with Crippen LogP contribution < -0.4 is 4.90 Å². The second kappa shape index (κ2) is 8.09. The quantitative estimate of drug-likeness (QED) is 0.385. The van der Waals surface area contributed by atoms with Crippen LogP contribution in [-0.2, 0) is 11.3 Å². The van der Waals surface area contributed by atoms with Gasteiger partial charge in [-0.15, -0.1) is 0 Å². The molecule has 1 amide bonds. The molecule has 0 N–H and O–H groups in total. The van der Waals surface area contributed by atoms with Crippen molar-refractivity contribution in [1.29, 1.82) is 0 Å². The average molecular weight is 455 g/mol. The highest BCUT2D eigenvalue weighted by atomic mass is 35.5. The van der Waals surface area contributed by atoms with E-state index in [1.807, 2.05) is 56.5 Å². The third-order valence-corrected chi connectivity index (χ3v) is 5.33. The van der Waals surface area contributed by atoms with Crippen LogP contribution in [0.3, 0.4) is 0 Å². The fraction of sp³-hybridized carbons (Fsp3) is 0.391. The molecule has 168 valence electrons. The average Bonchev–Trinajstić information content (AvgIpc) is 3.26. The second-order valence-corrected chi connectivity index (χ2v) is 9.45. The van der Waals surface area contributed by atoms with Crippen LogP contribution in [0.2, 0.25) is 5.15 Å². The van der Waals surface area contributed by atoms with Crippen molar-refractivity contribution in [3.05, 3.63) is 58.8 Å². The molecule has 0 aliphatic carbocycles. The lowest BCUT2D eigenvalue weighted by molar-refractivity contribution is 0.0575. The molecule has 0 unspecified atom stereocenters. The predicted molar refractivity (Wildman–Crippen MR) is 124 cm³/mol. The van der Waals surface area contributed by atoms with E-state index in [0.29, 0.717) is 11.5 Å². The number of nitrogens with zero attached hydrogens (tertiary/aromatic N) is 6. The number of carbonyl (C=O) groups is 1. The molecule has 4 heterocycles. The van der Waals surface area contributed by atoms with Crippen molar-refractivity contribution in [2.45, 2.75) is 59.6 Å². The molecule has 0 spiro atoms. The summed E-state index contributed by atoms with van der Waals surface area (Å²) in [4.78, 5) is 24.1. The van der Waals surface area contributed by atoms with Crippen molar-refractivity contribution < 1.29 is 9.53 Å². The third kappa shape index (κ3) is 4.14. The zero-order valence-electron chi connectivity index (χ0n) is 19.1. The highest BCUT2D eigenvalue weighted by Gasteiger charge is 2.28. The summed E-state index contributed by atoms with van der Waals surface area (Å²) >= 11 is 6.39. The van der Waals surface area contributed by atoms with E-state index >= 15 is 0 Å². The van der Waals surface area contributed by atoms with Crippen LogP contribution in [-0.4, -0.2) is 35.7 Å². The molecule has 9 heteroatoms. The number of hydrogen-bond donors (Lipinski definition) is 0. The Balaban J connectivity index is 1.86. The van der Waals surface area contributed by atoms with E-state index in [2.05, 4.69) is 23.9 Å². The molecule has 4 aromatic heterocycles. The summed E-state index contributed by atoms with van der Waals surface area (Å²) in [6.45, 7) is 11.8. The Morgan fingerprint density at radius 3 is 2.66 bits per heavy atom. The number of rotatable bonds is 4. The van der Waals surface area contributed by atoms with Gasteiger partial charge >= 0.3 is 6.09 Å². The molecule has 4 aromatic rings. The molecular formula is C23H27ClN6O2. The Kier molecular flexibility index (Phi) is 5.58. The number of amides is 1. The maximum atomic E-state index is 13.4. The Morgan fingerprint density at radius 2 is 2.00 bits per heavy atom. The van der Waals surface area contributed by atoms with Gasteiger partial charge in [0.25, 0.3) is 0 Å². The maximum absolute atomic E-state index is 13.4. The Bertz CT molecular complexity index is 1300. The number of halogens is 1. The maximum Gasteiger partial charge on any atom is 0.416 e. The Morgan fingerprint density at radius 1 is 1.25 bits per heavy atom. The van der Waals surface area contributed by atoms with E-state index < -0.39 is 11.7 Å². The fourth-order valence-corrected chi connectivity index (χ4v) is 3.74. The van der Waals surface area contributed by atoms with Gasteiger partial charge in [-0.05, 0) is 45.7 Å². The van der Waals surface area contributed by atoms with Crippen molar-refractivity contribution in [2.24, 2.45) is 0 Å². The van der Waals surface area contributed by atoms with E-state index in [1.165, 1.54) is 4.90 Å². The van der Waals surface area contributed by atoms with Gasteiger partial charge in [0, 0.05) is 23.5 Å². The van der Waals surface area contributed by atoms with Crippen LogP contribution in [0.25, 0.3) is 11.3 Å². The number of imidazole rings is 1. The van der Waals surface area contributed by atoms with Crippen molar-refractivity contribution >= 4 is 34.8 Å². The first-order valence-electron chi connectivity index (χ1n) is 10.5. The molecule has 4 rings (SSSR count). The molecule has 0 aromatic carbocycles. The van der Waals surface area contributed by atoms with Crippen molar-refractivity contribution in [1.82, 2.24) is 24.0 Å². The normalized spacial score (nSPS) is 12.1. The van der Waals surface area contributed by atoms with Gasteiger partial charge in [0.05, 0.1) is 18.4 Å². The van der Waals surface area contributed by atoms with Crippen LogP contribution in [0, 0.1) is 6.92 Å². The van der Waals surface area contributed by atoms with Gasteiger partial charge in [0.15, 0.2) is 5.65 Å². The molecule has 0 bridgehead atoms. The van der Waals surface area contributed by atoms with Gasteiger partial charge in [0.2, 0.25) is 0 Å². The number of anilines is 1. The number of ether oxygens (including phenoxy) is 1. The van der Waals surface area contributed by atoms with Gasteiger partial charge in [-0.3, -0.25) is 4.90 Å². The van der Waals surface area contributed by atoms with Crippen molar-refractivity contribution in [2.75, 3.05) is 4.90 Å². The lowest BCUT2D eigenvalue weighted by atomic mass is 10.1. The SMILES string of the molecule is Cc1c(CN(C(=O)OC(C)(C)C)c2cc(Cl)nc3c(C(C)C)cnn23)nc2ccccn12.